The maximum Gasteiger partial charge on any atom is 0.185 e. The molecule has 30 heavy (non-hydrogen) atoms. The highest BCUT2D eigenvalue weighted by Gasteiger charge is 2.15. The highest BCUT2D eigenvalue weighted by Crippen LogP contribution is 2.35. The first-order valence-corrected chi connectivity index (χ1v) is 11.0. The van der Waals surface area contributed by atoms with E-state index >= 15 is 0 Å². The molecule has 0 saturated carbocycles. The fourth-order valence-electron chi connectivity index (χ4n) is 3.07. The number of phenolic OH excluding ortho intramolecular Hbond substituents is 1. The Morgan fingerprint density at radius 1 is 0.900 bits per heavy atom. The van der Waals surface area contributed by atoms with E-state index in [0.717, 1.165) is 61.2 Å². The first-order chi connectivity index (χ1) is 14.6. The number of phenols is 1. The lowest BCUT2D eigenvalue weighted by atomic mass is 10.0. The fraction of sp³-hybridized carbons (Fsp3) is 0.423. The molecule has 2 aromatic carbocycles. The molecule has 0 radical (unpaired) electrons. The van der Waals surface area contributed by atoms with E-state index in [1.165, 1.54) is 12.1 Å². The van der Waals surface area contributed by atoms with Crippen molar-refractivity contribution in [3.8, 4) is 17.2 Å². The summed E-state index contributed by atoms with van der Waals surface area (Å²) in [5, 5.41) is 9.44. The van der Waals surface area contributed by atoms with Gasteiger partial charge in [-0.1, -0.05) is 46.1 Å². The van der Waals surface area contributed by atoms with Gasteiger partial charge in [0, 0.05) is 5.56 Å². The summed E-state index contributed by atoms with van der Waals surface area (Å²) < 4.78 is 12.2. The van der Waals surface area contributed by atoms with Gasteiger partial charge in [-0.2, -0.15) is 0 Å². The van der Waals surface area contributed by atoms with Crippen molar-refractivity contribution in [2.24, 2.45) is 0 Å². The van der Waals surface area contributed by atoms with Gasteiger partial charge in [0.25, 0.3) is 0 Å². The van der Waals surface area contributed by atoms with Crippen LogP contribution in [0, 0.1) is 0 Å². The smallest absolute Gasteiger partial charge is 0.185 e. The minimum atomic E-state index is -0.130. The molecule has 0 spiro atoms. The van der Waals surface area contributed by atoms with Gasteiger partial charge in [-0.15, -0.1) is 0 Å². The third kappa shape index (κ3) is 6.94. The van der Waals surface area contributed by atoms with Crippen molar-refractivity contribution in [2.75, 3.05) is 13.2 Å². The third-order valence-corrected chi connectivity index (χ3v) is 4.81. The molecule has 0 atom stereocenters. The van der Waals surface area contributed by atoms with Crippen LogP contribution in [0.2, 0.25) is 0 Å². The first kappa shape index (κ1) is 23.5. The number of hydrogen-bond acceptors (Lipinski definition) is 4. The summed E-state index contributed by atoms with van der Waals surface area (Å²) in [6, 6.07) is 10.3. The Kier molecular flexibility index (Phi) is 9.99. The number of aryl methyl sites for hydroxylation is 1. The van der Waals surface area contributed by atoms with Crippen LogP contribution in [0.25, 0.3) is 6.08 Å². The Balaban J connectivity index is 2.39. The molecule has 0 heterocycles. The van der Waals surface area contributed by atoms with Crippen molar-refractivity contribution in [1.29, 1.82) is 0 Å². The molecule has 0 bridgehead atoms. The summed E-state index contributed by atoms with van der Waals surface area (Å²) in [5.41, 5.74) is 2.48. The zero-order chi connectivity index (χ0) is 21.8. The van der Waals surface area contributed by atoms with Crippen molar-refractivity contribution in [2.45, 2.75) is 59.3 Å². The minimum Gasteiger partial charge on any atom is -0.508 e. The third-order valence-electron chi connectivity index (χ3n) is 4.81. The van der Waals surface area contributed by atoms with Crippen LogP contribution < -0.4 is 9.47 Å². The second kappa shape index (κ2) is 12.7. The van der Waals surface area contributed by atoms with Crippen LogP contribution in [-0.2, 0) is 6.42 Å². The van der Waals surface area contributed by atoms with Crippen LogP contribution in [-0.4, -0.2) is 24.1 Å². The maximum absolute atomic E-state index is 12.6. The lowest BCUT2D eigenvalue weighted by Crippen LogP contribution is -2.05. The van der Waals surface area contributed by atoms with E-state index in [-0.39, 0.29) is 11.5 Å². The summed E-state index contributed by atoms with van der Waals surface area (Å²) in [5.74, 6) is 1.56. The maximum atomic E-state index is 12.6. The summed E-state index contributed by atoms with van der Waals surface area (Å²) in [6.07, 6.45) is 9.33. The SMILES string of the molecule is CCCCOc1ccc(CCC)c(OCCCC)c1C=CC(=O)c1ccc(O)cc1. The molecule has 0 amide bonds. The fourth-order valence-corrected chi connectivity index (χ4v) is 3.07. The number of ketones is 1. The molecule has 2 aromatic rings. The number of carbonyl (C=O) groups is 1. The molecular weight excluding hydrogens is 376 g/mol. The predicted octanol–water partition coefficient (Wildman–Crippen LogP) is 6.60. The van der Waals surface area contributed by atoms with Crippen molar-refractivity contribution in [1.82, 2.24) is 0 Å². The van der Waals surface area contributed by atoms with E-state index in [0.29, 0.717) is 18.8 Å². The molecule has 0 aromatic heterocycles. The van der Waals surface area contributed by atoms with Gasteiger partial charge in [0.05, 0.1) is 18.8 Å². The molecule has 4 nitrogen and oxygen atoms in total. The zero-order valence-electron chi connectivity index (χ0n) is 18.4. The van der Waals surface area contributed by atoms with Gasteiger partial charge in [-0.05, 0) is 67.3 Å². The molecule has 1 N–H and O–H groups in total. The minimum absolute atomic E-state index is 0.130. The summed E-state index contributed by atoms with van der Waals surface area (Å²) >= 11 is 0. The Bertz CT molecular complexity index is 822. The summed E-state index contributed by atoms with van der Waals surface area (Å²) in [4.78, 5) is 12.6. The molecule has 2 rings (SSSR count). The van der Waals surface area contributed by atoms with E-state index in [4.69, 9.17) is 9.47 Å². The highest BCUT2D eigenvalue weighted by atomic mass is 16.5. The second-order valence-corrected chi connectivity index (χ2v) is 7.36. The van der Waals surface area contributed by atoms with Gasteiger partial charge in [-0.25, -0.2) is 0 Å². The van der Waals surface area contributed by atoms with Gasteiger partial charge in [0.1, 0.15) is 17.2 Å². The number of hydrogen-bond donors (Lipinski definition) is 1. The monoisotopic (exact) mass is 410 g/mol. The molecule has 0 unspecified atom stereocenters. The van der Waals surface area contributed by atoms with Gasteiger partial charge in [-0.3, -0.25) is 4.79 Å². The van der Waals surface area contributed by atoms with E-state index in [2.05, 4.69) is 26.8 Å². The first-order valence-electron chi connectivity index (χ1n) is 11.0. The molecule has 0 aliphatic carbocycles. The van der Waals surface area contributed by atoms with Crippen LogP contribution in [0.4, 0.5) is 0 Å². The van der Waals surface area contributed by atoms with Crippen LogP contribution >= 0.6 is 0 Å². The lowest BCUT2D eigenvalue weighted by molar-refractivity contribution is 0.104. The Morgan fingerprint density at radius 2 is 1.57 bits per heavy atom. The summed E-state index contributed by atoms with van der Waals surface area (Å²) in [7, 11) is 0. The van der Waals surface area contributed by atoms with Crippen LogP contribution in [0.5, 0.6) is 17.2 Å². The molecule has 0 aliphatic heterocycles. The Hall–Kier alpha value is -2.75. The average Bonchev–Trinajstić information content (AvgIpc) is 2.75. The van der Waals surface area contributed by atoms with Crippen LogP contribution in [0.1, 0.15) is 74.4 Å². The normalized spacial score (nSPS) is 11.0. The number of unbranched alkanes of at least 4 members (excludes halogenated alkanes) is 2. The highest BCUT2D eigenvalue weighted by molar-refractivity contribution is 6.07. The number of rotatable bonds is 13. The molecular formula is C26H34O4. The number of aromatic hydroxyl groups is 1. The molecule has 0 saturated heterocycles. The number of benzene rings is 2. The Labute approximate surface area is 180 Å². The number of allylic oxidation sites excluding steroid dienone is 1. The average molecular weight is 411 g/mol. The van der Waals surface area contributed by atoms with Gasteiger partial charge in [0.15, 0.2) is 5.78 Å². The standard InChI is InChI=1S/C26H34O4/c1-4-7-18-29-25-17-12-21(9-6-3)26(30-19-8-5-2)23(25)15-16-24(28)20-10-13-22(27)14-11-20/h10-17,27H,4-9,18-19H2,1-3H3. The quantitative estimate of drug-likeness (QED) is 0.230. The number of ether oxygens (including phenoxy) is 2. The van der Waals surface area contributed by atoms with Gasteiger partial charge < -0.3 is 14.6 Å². The topological polar surface area (TPSA) is 55.8 Å². The van der Waals surface area contributed by atoms with Gasteiger partial charge >= 0.3 is 0 Å². The Morgan fingerprint density at radius 3 is 2.20 bits per heavy atom. The lowest BCUT2D eigenvalue weighted by Gasteiger charge is -2.18. The molecule has 0 fully saturated rings. The zero-order valence-corrected chi connectivity index (χ0v) is 18.4. The summed E-state index contributed by atoms with van der Waals surface area (Å²) in [6.45, 7) is 7.68. The van der Waals surface area contributed by atoms with Crippen molar-refractivity contribution >= 4 is 11.9 Å². The molecule has 162 valence electrons. The predicted molar refractivity (Wildman–Crippen MR) is 123 cm³/mol. The van der Waals surface area contributed by atoms with Crippen molar-refractivity contribution in [3.05, 3.63) is 59.2 Å². The van der Waals surface area contributed by atoms with Gasteiger partial charge in [0.2, 0.25) is 0 Å². The van der Waals surface area contributed by atoms with Crippen LogP contribution in [0.3, 0.4) is 0 Å². The van der Waals surface area contributed by atoms with Crippen molar-refractivity contribution < 1.29 is 19.4 Å². The van der Waals surface area contributed by atoms with E-state index < -0.39 is 0 Å². The van der Waals surface area contributed by atoms with E-state index in [1.54, 1.807) is 24.3 Å². The second-order valence-electron chi connectivity index (χ2n) is 7.36. The molecule has 0 aliphatic rings. The molecule has 4 heteroatoms. The van der Waals surface area contributed by atoms with Crippen LogP contribution in [0.15, 0.2) is 42.5 Å². The van der Waals surface area contributed by atoms with E-state index in [1.807, 2.05) is 6.07 Å². The van der Waals surface area contributed by atoms with Crippen molar-refractivity contribution in [3.63, 3.8) is 0 Å². The largest absolute Gasteiger partial charge is 0.508 e. The van der Waals surface area contributed by atoms with E-state index in [9.17, 15) is 9.90 Å². The number of carbonyl (C=O) groups excluding carboxylic acids is 1.